The summed E-state index contributed by atoms with van der Waals surface area (Å²) in [6.07, 6.45) is 8.34. The highest BCUT2D eigenvalue weighted by Gasteiger charge is 2.27. The topological polar surface area (TPSA) is 53.0 Å². The smallest absolute Gasteiger partial charge is 0.407 e. The molecule has 1 rings (SSSR count). The Labute approximate surface area is 135 Å². The average Bonchev–Trinajstić information content (AvgIpc) is 2.48. The van der Waals surface area contributed by atoms with Crippen LogP contribution in [-0.4, -0.2) is 66.9 Å². The van der Waals surface area contributed by atoms with Crippen LogP contribution in [0, 0.1) is 0 Å². The Balaban J connectivity index is 2.05. The lowest BCUT2D eigenvalue weighted by Gasteiger charge is -2.34. The van der Waals surface area contributed by atoms with E-state index >= 15 is 0 Å². The highest BCUT2D eigenvalue weighted by molar-refractivity contribution is 5.65. The van der Waals surface area contributed by atoms with Crippen LogP contribution in [0.15, 0.2) is 0 Å². The van der Waals surface area contributed by atoms with Gasteiger partial charge in [0.25, 0.3) is 0 Å². The second-order valence-corrected chi connectivity index (χ2v) is 6.59. The van der Waals surface area contributed by atoms with Gasteiger partial charge in [0.05, 0.1) is 6.10 Å². The van der Waals surface area contributed by atoms with E-state index in [1.807, 2.05) is 6.92 Å². The second-order valence-electron chi connectivity index (χ2n) is 6.59. The first-order chi connectivity index (χ1) is 10.5. The Morgan fingerprint density at radius 1 is 1.09 bits per heavy atom. The molecule has 0 heterocycles. The Kier molecular flexibility index (Phi) is 9.48. The van der Waals surface area contributed by atoms with Crippen LogP contribution in [0.25, 0.3) is 0 Å². The molecule has 5 nitrogen and oxygen atoms in total. The van der Waals surface area contributed by atoms with E-state index < -0.39 is 6.09 Å². The number of hydrogen-bond donors (Lipinski definition) is 1. The van der Waals surface area contributed by atoms with E-state index in [1.165, 1.54) is 25.8 Å². The molecule has 1 aliphatic rings. The fourth-order valence-corrected chi connectivity index (χ4v) is 3.21. The van der Waals surface area contributed by atoms with Gasteiger partial charge in [0, 0.05) is 19.2 Å². The van der Waals surface area contributed by atoms with Gasteiger partial charge in [-0.1, -0.05) is 12.8 Å². The zero-order chi connectivity index (χ0) is 16.4. The highest BCUT2D eigenvalue weighted by atomic mass is 16.5. The van der Waals surface area contributed by atoms with Gasteiger partial charge in [-0.2, -0.15) is 0 Å². The average molecular weight is 314 g/mol. The molecule has 22 heavy (non-hydrogen) atoms. The van der Waals surface area contributed by atoms with Crippen molar-refractivity contribution in [3.63, 3.8) is 0 Å². The first-order valence-corrected chi connectivity index (χ1v) is 8.80. The van der Waals surface area contributed by atoms with Crippen molar-refractivity contribution >= 4 is 6.09 Å². The predicted octanol–water partition coefficient (Wildman–Crippen LogP) is 3.44. The monoisotopic (exact) mass is 314 g/mol. The van der Waals surface area contributed by atoms with Crippen molar-refractivity contribution in [2.75, 3.05) is 33.8 Å². The molecule has 1 amide bonds. The number of ether oxygens (including phenoxy) is 1. The van der Waals surface area contributed by atoms with Gasteiger partial charge in [0.2, 0.25) is 0 Å². The van der Waals surface area contributed by atoms with Crippen molar-refractivity contribution < 1.29 is 14.6 Å². The molecule has 1 aliphatic carbocycles. The molecule has 0 bridgehead atoms. The molecule has 0 aromatic carbocycles. The molecule has 0 atom stereocenters. The van der Waals surface area contributed by atoms with Crippen molar-refractivity contribution in [3.8, 4) is 0 Å². The first-order valence-electron chi connectivity index (χ1n) is 8.80. The summed E-state index contributed by atoms with van der Waals surface area (Å²) in [6.45, 7) is 4.52. The molecule has 0 saturated heterocycles. The van der Waals surface area contributed by atoms with E-state index in [4.69, 9.17) is 9.84 Å². The Bertz CT molecular complexity index is 302. The van der Waals surface area contributed by atoms with E-state index in [9.17, 15) is 4.79 Å². The molecule has 0 aromatic heterocycles. The lowest BCUT2D eigenvalue weighted by Crippen LogP contribution is -2.42. The molecular formula is C17H34N2O3. The van der Waals surface area contributed by atoms with Crippen molar-refractivity contribution in [2.45, 2.75) is 70.4 Å². The molecule has 1 saturated carbocycles. The van der Waals surface area contributed by atoms with Crippen LogP contribution in [0.3, 0.4) is 0 Å². The molecule has 0 spiro atoms. The Morgan fingerprint density at radius 2 is 1.73 bits per heavy atom. The molecule has 0 unspecified atom stereocenters. The lowest BCUT2D eigenvalue weighted by molar-refractivity contribution is 0.00764. The number of rotatable bonds is 10. The highest BCUT2D eigenvalue weighted by Crippen LogP contribution is 2.25. The van der Waals surface area contributed by atoms with Crippen LogP contribution in [0.1, 0.15) is 58.3 Å². The molecule has 0 aliphatic heterocycles. The summed E-state index contributed by atoms with van der Waals surface area (Å²) in [5.74, 6) is 0. The largest absolute Gasteiger partial charge is 0.465 e. The zero-order valence-corrected chi connectivity index (χ0v) is 14.6. The number of carbonyl (C=O) groups is 1. The van der Waals surface area contributed by atoms with Crippen molar-refractivity contribution in [2.24, 2.45) is 0 Å². The van der Waals surface area contributed by atoms with Crippen LogP contribution in [0.5, 0.6) is 0 Å². The zero-order valence-electron chi connectivity index (χ0n) is 14.6. The fraction of sp³-hybridized carbons (Fsp3) is 0.941. The quantitative estimate of drug-likeness (QED) is 0.628. The van der Waals surface area contributed by atoms with Gasteiger partial charge >= 0.3 is 6.09 Å². The van der Waals surface area contributed by atoms with Gasteiger partial charge in [-0.05, 0) is 66.1 Å². The van der Waals surface area contributed by atoms with Crippen molar-refractivity contribution in [1.29, 1.82) is 0 Å². The first kappa shape index (κ1) is 19.2. The molecule has 130 valence electrons. The molecular weight excluding hydrogens is 280 g/mol. The maximum absolute atomic E-state index is 11.1. The summed E-state index contributed by atoms with van der Waals surface area (Å²) >= 11 is 0. The van der Waals surface area contributed by atoms with Gasteiger partial charge in [-0.25, -0.2) is 4.79 Å². The third-order valence-corrected chi connectivity index (χ3v) is 4.52. The van der Waals surface area contributed by atoms with Crippen LogP contribution >= 0.6 is 0 Å². The lowest BCUT2D eigenvalue weighted by atomic mass is 9.92. The van der Waals surface area contributed by atoms with E-state index in [-0.39, 0.29) is 6.04 Å². The minimum Gasteiger partial charge on any atom is -0.465 e. The third-order valence-electron chi connectivity index (χ3n) is 4.52. The van der Waals surface area contributed by atoms with E-state index in [0.717, 1.165) is 38.7 Å². The Hall–Kier alpha value is -0.810. The minimum atomic E-state index is -0.787. The van der Waals surface area contributed by atoms with E-state index in [2.05, 4.69) is 19.0 Å². The maximum atomic E-state index is 11.1. The number of carboxylic acid groups (broad SMARTS) is 1. The number of nitrogens with zero attached hydrogens (tertiary/aromatic N) is 2. The van der Waals surface area contributed by atoms with Gasteiger partial charge in [-0.15, -0.1) is 0 Å². The Morgan fingerprint density at radius 3 is 2.27 bits per heavy atom. The van der Waals surface area contributed by atoms with Gasteiger partial charge in [-0.3, -0.25) is 0 Å². The van der Waals surface area contributed by atoms with Crippen LogP contribution in [0.4, 0.5) is 4.79 Å². The van der Waals surface area contributed by atoms with Gasteiger partial charge in [0.15, 0.2) is 0 Å². The number of hydrogen-bond acceptors (Lipinski definition) is 3. The SMILES string of the molecule is CCN(C(=O)O)C1CCC(OCCCCCCN(C)C)CC1. The summed E-state index contributed by atoms with van der Waals surface area (Å²) in [5.41, 5.74) is 0. The predicted molar refractivity (Wildman–Crippen MR) is 89.4 cm³/mol. The van der Waals surface area contributed by atoms with Gasteiger partial charge < -0.3 is 19.6 Å². The van der Waals surface area contributed by atoms with Crippen molar-refractivity contribution in [1.82, 2.24) is 9.80 Å². The normalized spacial score (nSPS) is 22.0. The molecule has 0 aromatic rings. The summed E-state index contributed by atoms with van der Waals surface area (Å²) in [6, 6.07) is 0.188. The molecule has 1 fully saturated rings. The van der Waals surface area contributed by atoms with Crippen LogP contribution in [0.2, 0.25) is 0 Å². The van der Waals surface area contributed by atoms with Crippen LogP contribution < -0.4 is 0 Å². The number of amides is 1. The van der Waals surface area contributed by atoms with E-state index in [1.54, 1.807) is 4.90 Å². The maximum Gasteiger partial charge on any atom is 0.407 e. The summed E-state index contributed by atoms with van der Waals surface area (Å²) in [7, 11) is 4.23. The summed E-state index contributed by atoms with van der Waals surface area (Å²) in [5, 5.41) is 9.16. The standard InChI is InChI=1S/C17H34N2O3/c1-4-19(17(20)21)15-9-11-16(12-10-15)22-14-8-6-5-7-13-18(2)3/h15-16H,4-14H2,1-3H3,(H,20,21). The molecule has 5 heteroatoms. The van der Waals surface area contributed by atoms with Crippen molar-refractivity contribution in [3.05, 3.63) is 0 Å². The van der Waals surface area contributed by atoms with E-state index in [0.29, 0.717) is 12.6 Å². The summed E-state index contributed by atoms with van der Waals surface area (Å²) < 4.78 is 5.96. The van der Waals surface area contributed by atoms with Crippen LogP contribution in [-0.2, 0) is 4.74 Å². The number of unbranched alkanes of at least 4 members (excludes halogenated alkanes) is 3. The second kappa shape index (κ2) is 10.8. The molecule has 1 N–H and O–H groups in total. The summed E-state index contributed by atoms with van der Waals surface area (Å²) in [4.78, 5) is 14.9. The minimum absolute atomic E-state index is 0.188. The van der Waals surface area contributed by atoms with Gasteiger partial charge in [0.1, 0.15) is 0 Å². The third kappa shape index (κ3) is 7.45. The molecule has 0 radical (unpaired) electrons. The fourth-order valence-electron chi connectivity index (χ4n) is 3.21.